The summed E-state index contributed by atoms with van der Waals surface area (Å²) in [6, 6.07) is 1.99. The van der Waals surface area contributed by atoms with Crippen molar-refractivity contribution in [2.75, 3.05) is 0 Å². The van der Waals surface area contributed by atoms with E-state index in [-0.39, 0.29) is 17.7 Å². The average molecular weight is 311 g/mol. The van der Waals surface area contributed by atoms with E-state index in [4.69, 9.17) is 5.73 Å². The highest BCUT2D eigenvalue weighted by Crippen LogP contribution is 2.24. The summed E-state index contributed by atoms with van der Waals surface area (Å²) < 4.78 is 0.915. The number of carbonyl (C=O) groups excluding carboxylic acids is 1. The van der Waals surface area contributed by atoms with Crippen molar-refractivity contribution in [3.8, 4) is 0 Å². The monoisotopic (exact) mass is 310 g/mol. The lowest BCUT2D eigenvalue weighted by atomic mass is 9.88. The van der Waals surface area contributed by atoms with Crippen LogP contribution in [0, 0.1) is 5.92 Å². The minimum Gasteiger partial charge on any atom is -0.327 e. The quantitative estimate of drug-likeness (QED) is 0.873. The molecule has 0 aromatic carbocycles. The fourth-order valence-corrected chi connectivity index (χ4v) is 3.03. The second-order valence-corrected chi connectivity index (χ2v) is 5.98. The lowest BCUT2D eigenvalue weighted by molar-refractivity contribution is -0.123. The molecule has 0 radical (unpaired) electrons. The molecule has 1 aromatic heterocycles. The fraction of sp³-hybridized carbons (Fsp3) is 0.571. The van der Waals surface area contributed by atoms with Crippen LogP contribution in [0.1, 0.15) is 37.7 Å². The molecule has 1 saturated carbocycles. The van der Waals surface area contributed by atoms with E-state index in [0.717, 1.165) is 35.7 Å². The molecule has 18 heavy (non-hydrogen) atoms. The van der Waals surface area contributed by atoms with E-state index in [1.165, 1.54) is 6.42 Å². The van der Waals surface area contributed by atoms with Crippen molar-refractivity contribution in [2.45, 2.75) is 44.6 Å². The van der Waals surface area contributed by atoms with Gasteiger partial charge in [-0.15, -0.1) is 0 Å². The number of halogens is 1. The van der Waals surface area contributed by atoms with E-state index < -0.39 is 0 Å². The van der Waals surface area contributed by atoms with Crippen LogP contribution in [0.4, 0.5) is 0 Å². The summed E-state index contributed by atoms with van der Waals surface area (Å²) in [5.41, 5.74) is 7.08. The fourth-order valence-electron chi connectivity index (χ4n) is 2.62. The number of rotatable bonds is 3. The Labute approximate surface area is 116 Å². The number of aromatic nitrogens is 1. The van der Waals surface area contributed by atoms with E-state index >= 15 is 0 Å². The SMILES string of the molecule is NC1CCCCCC1C(=O)Cc1cncc(Br)c1. The van der Waals surface area contributed by atoms with E-state index in [1.54, 1.807) is 12.4 Å². The van der Waals surface area contributed by atoms with Gasteiger partial charge in [-0.25, -0.2) is 0 Å². The molecule has 0 saturated heterocycles. The zero-order chi connectivity index (χ0) is 13.0. The highest BCUT2D eigenvalue weighted by molar-refractivity contribution is 9.10. The molecule has 98 valence electrons. The minimum absolute atomic E-state index is 0.0338. The van der Waals surface area contributed by atoms with Gasteiger partial charge in [0.05, 0.1) is 0 Å². The second-order valence-electron chi connectivity index (χ2n) is 5.06. The number of pyridine rings is 1. The normalized spacial score (nSPS) is 24.6. The van der Waals surface area contributed by atoms with Crippen molar-refractivity contribution in [1.82, 2.24) is 4.98 Å². The lowest BCUT2D eigenvalue weighted by Gasteiger charge is -2.19. The third-order valence-corrected chi connectivity index (χ3v) is 4.06. The summed E-state index contributed by atoms with van der Waals surface area (Å²) in [5, 5.41) is 0. The first-order valence-electron chi connectivity index (χ1n) is 6.54. The van der Waals surface area contributed by atoms with Gasteiger partial charge in [0.1, 0.15) is 5.78 Å². The van der Waals surface area contributed by atoms with Gasteiger partial charge in [0, 0.05) is 35.2 Å². The summed E-state index contributed by atoms with van der Waals surface area (Å²) in [6.07, 6.45) is 9.34. The largest absolute Gasteiger partial charge is 0.327 e. The maximum Gasteiger partial charge on any atom is 0.141 e. The topological polar surface area (TPSA) is 56.0 Å². The molecule has 1 aliphatic carbocycles. The molecule has 0 aliphatic heterocycles. The van der Waals surface area contributed by atoms with Crippen LogP contribution in [-0.2, 0) is 11.2 Å². The number of carbonyl (C=O) groups is 1. The van der Waals surface area contributed by atoms with Gasteiger partial charge in [-0.1, -0.05) is 19.3 Å². The second kappa shape index (κ2) is 6.43. The molecule has 3 nitrogen and oxygen atoms in total. The Morgan fingerprint density at radius 1 is 1.33 bits per heavy atom. The van der Waals surface area contributed by atoms with Gasteiger partial charge in [-0.05, 0) is 40.4 Å². The summed E-state index contributed by atoms with van der Waals surface area (Å²) in [5.74, 6) is 0.302. The molecule has 2 unspecified atom stereocenters. The third-order valence-electron chi connectivity index (χ3n) is 3.62. The number of hydrogen-bond donors (Lipinski definition) is 1. The van der Waals surface area contributed by atoms with Crippen LogP contribution in [0.15, 0.2) is 22.9 Å². The highest BCUT2D eigenvalue weighted by Gasteiger charge is 2.26. The first-order valence-corrected chi connectivity index (χ1v) is 7.34. The Kier molecular flexibility index (Phi) is 4.89. The van der Waals surface area contributed by atoms with E-state index in [9.17, 15) is 4.79 Å². The van der Waals surface area contributed by atoms with Gasteiger partial charge in [-0.2, -0.15) is 0 Å². The smallest absolute Gasteiger partial charge is 0.141 e. The van der Waals surface area contributed by atoms with Crippen molar-refractivity contribution < 1.29 is 4.79 Å². The predicted octanol–water partition coefficient (Wildman–Crippen LogP) is 2.86. The highest BCUT2D eigenvalue weighted by atomic mass is 79.9. The van der Waals surface area contributed by atoms with Crippen LogP contribution < -0.4 is 5.73 Å². The van der Waals surface area contributed by atoms with Crippen molar-refractivity contribution >= 4 is 21.7 Å². The van der Waals surface area contributed by atoms with Crippen LogP contribution in [0.5, 0.6) is 0 Å². The van der Waals surface area contributed by atoms with Gasteiger partial charge < -0.3 is 5.73 Å². The molecule has 0 spiro atoms. The van der Waals surface area contributed by atoms with Crippen LogP contribution in [0.3, 0.4) is 0 Å². The summed E-state index contributed by atoms with van der Waals surface area (Å²) >= 11 is 3.37. The predicted molar refractivity (Wildman–Crippen MR) is 75.2 cm³/mol. The average Bonchev–Trinajstić information content (AvgIpc) is 2.54. The number of hydrogen-bond acceptors (Lipinski definition) is 3. The Morgan fingerprint density at radius 3 is 2.89 bits per heavy atom. The van der Waals surface area contributed by atoms with Gasteiger partial charge >= 0.3 is 0 Å². The van der Waals surface area contributed by atoms with Crippen molar-refractivity contribution in [3.05, 3.63) is 28.5 Å². The molecule has 0 amide bonds. The van der Waals surface area contributed by atoms with Crippen LogP contribution >= 0.6 is 15.9 Å². The summed E-state index contributed by atoms with van der Waals surface area (Å²) in [7, 11) is 0. The third kappa shape index (κ3) is 3.62. The number of nitrogens with two attached hydrogens (primary N) is 1. The molecule has 4 heteroatoms. The van der Waals surface area contributed by atoms with Crippen molar-refractivity contribution in [1.29, 1.82) is 0 Å². The molecule has 2 N–H and O–H groups in total. The number of nitrogens with zero attached hydrogens (tertiary/aromatic N) is 1. The zero-order valence-corrected chi connectivity index (χ0v) is 12.0. The Morgan fingerprint density at radius 2 is 2.11 bits per heavy atom. The molecule has 1 aromatic rings. The maximum atomic E-state index is 12.3. The molecule has 1 fully saturated rings. The van der Waals surface area contributed by atoms with Crippen molar-refractivity contribution in [3.63, 3.8) is 0 Å². The molecular formula is C14H19BrN2O. The molecular weight excluding hydrogens is 292 g/mol. The molecule has 1 aliphatic rings. The lowest BCUT2D eigenvalue weighted by Crippen LogP contribution is -2.35. The number of Topliss-reactive ketones (excluding diaryl/α,β-unsaturated/α-hetero) is 1. The van der Waals surface area contributed by atoms with Gasteiger partial charge in [0.15, 0.2) is 0 Å². The molecule has 0 bridgehead atoms. The first-order chi connectivity index (χ1) is 8.66. The van der Waals surface area contributed by atoms with Gasteiger partial charge in [0.25, 0.3) is 0 Å². The molecule has 2 atom stereocenters. The van der Waals surface area contributed by atoms with Crippen molar-refractivity contribution in [2.24, 2.45) is 11.7 Å². The Balaban J connectivity index is 2.02. The standard InChI is InChI=1S/C14H19BrN2O/c15-11-6-10(8-17-9-11)7-14(18)12-4-2-1-3-5-13(12)16/h6,8-9,12-13H,1-5,7,16H2. The zero-order valence-electron chi connectivity index (χ0n) is 10.4. The first kappa shape index (κ1) is 13.7. The Bertz CT molecular complexity index is 422. The summed E-state index contributed by atoms with van der Waals surface area (Å²) in [4.78, 5) is 16.4. The van der Waals surface area contributed by atoms with E-state index in [0.29, 0.717) is 6.42 Å². The summed E-state index contributed by atoms with van der Waals surface area (Å²) in [6.45, 7) is 0. The van der Waals surface area contributed by atoms with Crippen LogP contribution in [0.2, 0.25) is 0 Å². The van der Waals surface area contributed by atoms with Crippen LogP contribution in [-0.4, -0.2) is 16.8 Å². The van der Waals surface area contributed by atoms with Gasteiger partial charge in [-0.3, -0.25) is 9.78 Å². The maximum absolute atomic E-state index is 12.3. The van der Waals surface area contributed by atoms with Crippen LogP contribution in [0.25, 0.3) is 0 Å². The van der Waals surface area contributed by atoms with Gasteiger partial charge in [0.2, 0.25) is 0 Å². The molecule has 2 rings (SSSR count). The van der Waals surface area contributed by atoms with E-state index in [2.05, 4.69) is 20.9 Å². The number of ketones is 1. The van der Waals surface area contributed by atoms with E-state index in [1.807, 2.05) is 6.07 Å². The Hall–Kier alpha value is -0.740. The minimum atomic E-state index is 0.0338. The molecule has 1 heterocycles.